The van der Waals surface area contributed by atoms with Crippen molar-refractivity contribution in [1.29, 1.82) is 0 Å². The molecule has 1 atom stereocenters. The first-order valence-corrected chi connectivity index (χ1v) is 9.15. The molecule has 0 bridgehead atoms. The maximum atomic E-state index is 13.0. The van der Waals surface area contributed by atoms with Crippen LogP contribution in [0.1, 0.15) is 5.56 Å². The molecule has 4 amide bonds. The van der Waals surface area contributed by atoms with Crippen molar-refractivity contribution in [2.24, 2.45) is 10.9 Å². The summed E-state index contributed by atoms with van der Waals surface area (Å²) >= 11 is 3.27. The van der Waals surface area contributed by atoms with E-state index in [1.807, 2.05) is 5.32 Å². The number of methoxy groups -OCH3 is 1. The predicted octanol–water partition coefficient (Wildman–Crippen LogP) is 4.08. The van der Waals surface area contributed by atoms with Crippen molar-refractivity contribution in [3.8, 4) is 5.75 Å². The van der Waals surface area contributed by atoms with Gasteiger partial charge >= 0.3 is 12.2 Å². The standard InChI is InChI=1S/C19H13BrF3N3O4/c1-30-15-6-5-11(20)8-14(15)24-9-13-16(27)25-18(29)26(17(13)28)12-4-2-3-10(7-12)19(21,22)23/h2-9,13H,1H3,(H,25,27,29)/t13-/m1/s1. The third-order valence-electron chi connectivity index (χ3n) is 4.14. The topological polar surface area (TPSA) is 88.1 Å². The van der Waals surface area contributed by atoms with Gasteiger partial charge in [-0.2, -0.15) is 13.2 Å². The Kier molecular flexibility index (Phi) is 5.92. The monoisotopic (exact) mass is 483 g/mol. The van der Waals surface area contributed by atoms with Gasteiger partial charge in [-0.15, -0.1) is 0 Å². The molecule has 11 heteroatoms. The van der Waals surface area contributed by atoms with Crippen molar-refractivity contribution in [3.05, 3.63) is 52.5 Å². The molecular weight excluding hydrogens is 471 g/mol. The predicted molar refractivity (Wildman–Crippen MR) is 105 cm³/mol. The molecule has 3 rings (SSSR count). The Morgan fingerprint density at radius 3 is 2.57 bits per heavy atom. The number of hydrogen-bond acceptors (Lipinski definition) is 5. The van der Waals surface area contributed by atoms with Gasteiger partial charge in [-0.05, 0) is 36.4 Å². The molecule has 2 aromatic rings. The number of imide groups is 2. The number of nitrogens with one attached hydrogen (secondary N) is 1. The Balaban J connectivity index is 1.95. The number of carbonyl (C=O) groups is 3. The minimum absolute atomic E-state index is 0.301. The van der Waals surface area contributed by atoms with Gasteiger partial charge in [0.05, 0.1) is 18.4 Å². The van der Waals surface area contributed by atoms with Crippen molar-refractivity contribution in [3.63, 3.8) is 0 Å². The van der Waals surface area contributed by atoms with E-state index in [1.165, 1.54) is 7.11 Å². The first-order chi connectivity index (χ1) is 14.1. The summed E-state index contributed by atoms with van der Waals surface area (Å²) in [6, 6.07) is 7.42. The third kappa shape index (κ3) is 4.35. The second-order valence-electron chi connectivity index (χ2n) is 6.09. The van der Waals surface area contributed by atoms with Crippen molar-refractivity contribution >= 4 is 51.4 Å². The lowest BCUT2D eigenvalue weighted by Gasteiger charge is -2.28. The second kappa shape index (κ2) is 8.27. The third-order valence-corrected chi connectivity index (χ3v) is 4.63. The Hall–Kier alpha value is -3.21. The smallest absolute Gasteiger partial charge is 0.416 e. The molecule has 1 N–H and O–H groups in total. The van der Waals surface area contributed by atoms with E-state index in [-0.39, 0.29) is 5.69 Å². The summed E-state index contributed by atoms with van der Waals surface area (Å²) in [5.41, 5.74) is -1.06. The minimum Gasteiger partial charge on any atom is -0.494 e. The highest BCUT2D eigenvalue weighted by Gasteiger charge is 2.41. The van der Waals surface area contributed by atoms with Crippen LogP contribution in [0.3, 0.4) is 0 Å². The van der Waals surface area contributed by atoms with Crippen LogP contribution in [0.4, 0.5) is 29.3 Å². The van der Waals surface area contributed by atoms with Gasteiger partial charge < -0.3 is 4.74 Å². The number of anilines is 1. The van der Waals surface area contributed by atoms with E-state index in [2.05, 4.69) is 20.9 Å². The largest absolute Gasteiger partial charge is 0.494 e. The number of aliphatic imine (C=N–C) groups is 1. The molecule has 1 aliphatic heterocycles. The Labute approximate surface area is 176 Å². The number of barbiturate groups is 1. The summed E-state index contributed by atoms with van der Waals surface area (Å²) in [5, 5.41) is 1.96. The Bertz CT molecular complexity index is 1060. The molecule has 0 saturated carbocycles. The molecule has 0 spiro atoms. The van der Waals surface area contributed by atoms with Gasteiger partial charge in [-0.1, -0.05) is 22.0 Å². The summed E-state index contributed by atoms with van der Waals surface area (Å²) < 4.78 is 44.8. The SMILES string of the molecule is COc1ccc(Br)cc1N=C[C@@H]1C(=O)NC(=O)N(c2cccc(C(F)(F)F)c2)C1=O. The molecule has 0 aliphatic carbocycles. The van der Waals surface area contributed by atoms with Crippen molar-refractivity contribution < 1.29 is 32.3 Å². The highest BCUT2D eigenvalue weighted by molar-refractivity contribution is 9.10. The van der Waals surface area contributed by atoms with E-state index >= 15 is 0 Å². The van der Waals surface area contributed by atoms with Crippen molar-refractivity contribution in [1.82, 2.24) is 5.32 Å². The molecule has 0 unspecified atom stereocenters. The van der Waals surface area contributed by atoms with Crippen LogP contribution >= 0.6 is 15.9 Å². The van der Waals surface area contributed by atoms with Crippen LogP contribution in [0.2, 0.25) is 0 Å². The number of halogens is 4. The first kappa shape index (κ1) is 21.5. The van der Waals surface area contributed by atoms with Gasteiger partial charge in [-0.25, -0.2) is 9.69 Å². The normalized spacial score (nSPS) is 17.4. The van der Waals surface area contributed by atoms with Gasteiger partial charge in [0, 0.05) is 10.7 Å². The number of nitrogens with zero attached hydrogens (tertiary/aromatic N) is 2. The molecule has 1 aliphatic rings. The Morgan fingerprint density at radius 2 is 1.90 bits per heavy atom. The second-order valence-corrected chi connectivity index (χ2v) is 7.00. The highest BCUT2D eigenvalue weighted by atomic mass is 79.9. The zero-order valence-electron chi connectivity index (χ0n) is 15.2. The molecule has 0 aromatic heterocycles. The van der Waals surface area contributed by atoms with Crippen LogP contribution in [0.5, 0.6) is 5.75 Å². The van der Waals surface area contributed by atoms with Crippen LogP contribution in [-0.4, -0.2) is 31.2 Å². The number of hydrogen-bond donors (Lipinski definition) is 1. The van der Waals surface area contributed by atoms with E-state index in [4.69, 9.17) is 4.74 Å². The molecule has 7 nitrogen and oxygen atoms in total. The summed E-state index contributed by atoms with van der Waals surface area (Å²) in [7, 11) is 1.41. The maximum Gasteiger partial charge on any atom is 0.416 e. The van der Waals surface area contributed by atoms with Crippen LogP contribution in [0.15, 0.2) is 51.9 Å². The van der Waals surface area contributed by atoms with Gasteiger partial charge in [0.15, 0.2) is 5.92 Å². The number of amides is 4. The summed E-state index contributed by atoms with van der Waals surface area (Å²) in [5.74, 6) is -3.13. The number of alkyl halides is 3. The molecular formula is C19H13BrF3N3O4. The molecule has 1 heterocycles. The molecule has 30 heavy (non-hydrogen) atoms. The molecule has 1 saturated heterocycles. The van der Waals surface area contributed by atoms with Gasteiger partial charge in [0.25, 0.3) is 5.91 Å². The average molecular weight is 484 g/mol. The van der Waals surface area contributed by atoms with Crippen LogP contribution < -0.4 is 15.0 Å². The average Bonchev–Trinajstić information content (AvgIpc) is 2.67. The lowest BCUT2D eigenvalue weighted by atomic mass is 10.1. The molecule has 156 valence electrons. The van der Waals surface area contributed by atoms with Crippen LogP contribution in [0.25, 0.3) is 0 Å². The number of rotatable bonds is 4. The summed E-state index contributed by atoms with van der Waals surface area (Å²) in [6.45, 7) is 0. The van der Waals surface area contributed by atoms with Crippen molar-refractivity contribution in [2.45, 2.75) is 6.18 Å². The minimum atomic E-state index is -4.67. The molecule has 2 aromatic carbocycles. The maximum absolute atomic E-state index is 13.0. The number of ether oxygens (including phenoxy) is 1. The van der Waals surface area contributed by atoms with E-state index in [1.54, 1.807) is 18.2 Å². The van der Waals surface area contributed by atoms with Gasteiger partial charge in [0.1, 0.15) is 11.4 Å². The fourth-order valence-corrected chi connectivity index (χ4v) is 3.06. The van der Waals surface area contributed by atoms with E-state index in [9.17, 15) is 27.6 Å². The number of carbonyl (C=O) groups excluding carboxylic acids is 3. The van der Waals surface area contributed by atoms with E-state index < -0.39 is 35.5 Å². The number of benzene rings is 2. The van der Waals surface area contributed by atoms with E-state index in [0.717, 1.165) is 24.4 Å². The van der Waals surface area contributed by atoms with Crippen LogP contribution in [-0.2, 0) is 15.8 Å². The zero-order valence-corrected chi connectivity index (χ0v) is 16.8. The fourth-order valence-electron chi connectivity index (χ4n) is 2.71. The number of urea groups is 1. The summed E-state index contributed by atoms with van der Waals surface area (Å²) in [6.07, 6.45) is -3.66. The van der Waals surface area contributed by atoms with Crippen molar-refractivity contribution in [2.75, 3.05) is 12.0 Å². The van der Waals surface area contributed by atoms with E-state index in [0.29, 0.717) is 26.9 Å². The highest BCUT2D eigenvalue weighted by Crippen LogP contribution is 2.33. The molecule has 1 fully saturated rings. The zero-order chi connectivity index (χ0) is 22.1. The Morgan fingerprint density at radius 1 is 1.17 bits per heavy atom. The quantitative estimate of drug-likeness (QED) is 0.524. The first-order valence-electron chi connectivity index (χ1n) is 8.35. The molecule has 0 radical (unpaired) electrons. The fraction of sp³-hybridized carbons (Fsp3) is 0.158. The lowest BCUT2D eigenvalue weighted by molar-refractivity contribution is -0.138. The van der Waals surface area contributed by atoms with Crippen LogP contribution in [0, 0.1) is 5.92 Å². The lowest BCUT2D eigenvalue weighted by Crippen LogP contribution is -2.58. The summed E-state index contributed by atoms with van der Waals surface area (Å²) in [4.78, 5) is 41.7. The van der Waals surface area contributed by atoms with Gasteiger partial charge in [-0.3, -0.25) is 19.9 Å². The van der Waals surface area contributed by atoms with Gasteiger partial charge in [0.2, 0.25) is 5.91 Å².